The Balaban J connectivity index is 2.39. The SMILES string of the molecule is CCNC1CCCOc2ccc(C(C)(C)C)cc21. The van der Waals surface area contributed by atoms with E-state index in [1.807, 2.05) is 0 Å². The molecule has 1 unspecified atom stereocenters. The summed E-state index contributed by atoms with van der Waals surface area (Å²) in [5.41, 5.74) is 2.91. The van der Waals surface area contributed by atoms with Crippen LogP contribution in [0.2, 0.25) is 0 Å². The van der Waals surface area contributed by atoms with E-state index in [1.165, 1.54) is 11.1 Å². The Kier molecular flexibility index (Phi) is 3.96. The van der Waals surface area contributed by atoms with Gasteiger partial charge in [0.1, 0.15) is 5.75 Å². The number of hydrogen-bond donors (Lipinski definition) is 1. The van der Waals surface area contributed by atoms with E-state index in [2.05, 4.69) is 51.2 Å². The number of benzene rings is 1. The lowest BCUT2D eigenvalue weighted by molar-refractivity contribution is 0.315. The summed E-state index contributed by atoms with van der Waals surface area (Å²) in [6.45, 7) is 10.8. The fraction of sp³-hybridized carbons (Fsp3) is 0.625. The summed E-state index contributed by atoms with van der Waals surface area (Å²) in [6.07, 6.45) is 2.28. The van der Waals surface area contributed by atoms with E-state index in [0.717, 1.165) is 31.7 Å². The fourth-order valence-electron chi connectivity index (χ4n) is 2.50. The van der Waals surface area contributed by atoms with Crippen molar-refractivity contribution < 1.29 is 4.74 Å². The van der Waals surface area contributed by atoms with Crippen molar-refractivity contribution in [2.24, 2.45) is 0 Å². The smallest absolute Gasteiger partial charge is 0.124 e. The Hall–Kier alpha value is -1.02. The van der Waals surface area contributed by atoms with Crippen LogP contribution in [0, 0.1) is 0 Å². The molecule has 0 bridgehead atoms. The highest BCUT2D eigenvalue weighted by Crippen LogP contribution is 2.35. The molecule has 1 aliphatic rings. The highest BCUT2D eigenvalue weighted by atomic mass is 16.5. The van der Waals surface area contributed by atoms with Crippen molar-refractivity contribution in [1.82, 2.24) is 5.32 Å². The van der Waals surface area contributed by atoms with Gasteiger partial charge in [0.2, 0.25) is 0 Å². The molecular formula is C16H25NO. The average Bonchev–Trinajstić information content (AvgIpc) is 2.51. The van der Waals surface area contributed by atoms with Crippen LogP contribution in [0.15, 0.2) is 18.2 Å². The molecule has 1 aliphatic heterocycles. The second-order valence-electron chi connectivity index (χ2n) is 6.10. The summed E-state index contributed by atoms with van der Waals surface area (Å²) in [7, 11) is 0. The van der Waals surface area contributed by atoms with Crippen LogP contribution in [0.25, 0.3) is 0 Å². The van der Waals surface area contributed by atoms with Gasteiger partial charge in [0, 0.05) is 11.6 Å². The van der Waals surface area contributed by atoms with Gasteiger partial charge in [0.25, 0.3) is 0 Å². The van der Waals surface area contributed by atoms with E-state index >= 15 is 0 Å². The summed E-state index contributed by atoms with van der Waals surface area (Å²) in [5.74, 6) is 1.06. The number of ether oxygens (including phenoxy) is 1. The molecule has 0 amide bonds. The first-order chi connectivity index (χ1) is 8.52. The topological polar surface area (TPSA) is 21.3 Å². The van der Waals surface area contributed by atoms with Gasteiger partial charge in [-0.15, -0.1) is 0 Å². The number of hydrogen-bond acceptors (Lipinski definition) is 2. The molecule has 0 spiro atoms. The van der Waals surface area contributed by atoms with Gasteiger partial charge in [0.15, 0.2) is 0 Å². The highest BCUT2D eigenvalue weighted by molar-refractivity contribution is 5.42. The third-order valence-electron chi connectivity index (χ3n) is 3.60. The third-order valence-corrected chi connectivity index (χ3v) is 3.60. The largest absolute Gasteiger partial charge is 0.493 e. The van der Waals surface area contributed by atoms with Crippen LogP contribution in [-0.4, -0.2) is 13.2 Å². The molecule has 0 aromatic heterocycles. The second-order valence-corrected chi connectivity index (χ2v) is 6.10. The van der Waals surface area contributed by atoms with Crippen molar-refractivity contribution in [1.29, 1.82) is 0 Å². The summed E-state index contributed by atoms with van der Waals surface area (Å²) in [5, 5.41) is 3.58. The molecule has 1 aromatic carbocycles. The first-order valence-corrected chi connectivity index (χ1v) is 7.03. The normalized spacial score (nSPS) is 19.9. The number of rotatable bonds is 2. The second kappa shape index (κ2) is 5.31. The summed E-state index contributed by atoms with van der Waals surface area (Å²) >= 11 is 0. The highest BCUT2D eigenvalue weighted by Gasteiger charge is 2.22. The van der Waals surface area contributed by atoms with Crippen molar-refractivity contribution in [2.75, 3.05) is 13.2 Å². The first kappa shape index (κ1) is 13.4. The van der Waals surface area contributed by atoms with Crippen LogP contribution < -0.4 is 10.1 Å². The quantitative estimate of drug-likeness (QED) is 0.858. The molecule has 0 saturated heterocycles. The standard InChI is InChI=1S/C16H25NO/c1-5-17-14-7-6-10-18-15-9-8-12(11-13(14)15)16(2,3)4/h8-9,11,14,17H,5-7,10H2,1-4H3. The van der Waals surface area contributed by atoms with Crippen LogP contribution >= 0.6 is 0 Å². The lowest BCUT2D eigenvalue weighted by Crippen LogP contribution is -2.21. The maximum atomic E-state index is 5.85. The summed E-state index contributed by atoms with van der Waals surface area (Å²) in [4.78, 5) is 0. The van der Waals surface area contributed by atoms with E-state index in [0.29, 0.717) is 6.04 Å². The van der Waals surface area contributed by atoms with Crippen molar-refractivity contribution >= 4 is 0 Å². The van der Waals surface area contributed by atoms with Gasteiger partial charge in [0.05, 0.1) is 6.61 Å². The minimum Gasteiger partial charge on any atom is -0.493 e. The predicted molar refractivity (Wildman–Crippen MR) is 76.3 cm³/mol. The molecule has 0 radical (unpaired) electrons. The zero-order valence-electron chi connectivity index (χ0n) is 12.0. The van der Waals surface area contributed by atoms with Gasteiger partial charge in [-0.25, -0.2) is 0 Å². The van der Waals surface area contributed by atoms with Gasteiger partial charge in [-0.05, 0) is 42.5 Å². The molecule has 1 N–H and O–H groups in total. The van der Waals surface area contributed by atoms with Crippen molar-refractivity contribution in [3.63, 3.8) is 0 Å². The Morgan fingerprint density at radius 2 is 2.11 bits per heavy atom. The van der Waals surface area contributed by atoms with Crippen LogP contribution in [0.1, 0.15) is 57.7 Å². The maximum Gasteiger partial charge on any atom is 0.124 e. The Morgan fingerprint density at radius 3 is 2.78 bits per heavy atom. The molecule has 2 heteroatoms. The fourth-order valence-corrected chi connectivity index (χ4v) is 2.50. The Labute approximate surface area is 111 Å². The van der Waals surface area contributed by atoms with E-state index in [4.69, 9.17) is 4.74 Å². The molecular weight excluding hydrogens is 222 g/mol. The molecule has 2 rings (SSSR count). The summed E-state index contributed by atoms with van der Waals surface area (Å²) in [6, 6.07) is 7.11. The van der Waals surface area contributed by atoms with Gasteiger partial charge >= 0.3 is 0 Å². The van der Waals surface area contributed by atoms with E-state index in [9.17, 15) is 0 Å². The minimum atomic E-state index is 0.193. The summed E-state index contributed by atoms with van der Waals surface area (Å²) < 4.78 is 5.85. The number of nitrogens with one attached hydrogen (secondary N) is 1. The predicted octanol–water partition coefficient (Wildman–Crippen LogP) is 3.81. The van der Waals surface area contributed by atoms with Crippen molar-refractivity contribution in [3.05, 3.63) is 29.3 Å². The van der Waals surface area contributed by atoms with Crippen LogP contribution in [0.4, 0.5) is 0 Å². The molecule has 0 saturated carbocycles. The van der Waals surface area contributed by atoms with Gasteiger partial charge in [-0.3, -0.25) is 0 Å². The molecule has 1 aromatic rings. The Morgan fingerprint density at radius 1 is 1.33 bits per heavy atom. The maximum absolute atomic E-state index is 5.85. The first-order valence-electron chi connectivity index (χ1n) is 7.03. The molecule has 1 atom stereocenters. The van der Waals surface area contributed by atoms with Crippen LogP contribution in [-0.2, 0) is 5.41 Å². The van der Waals surface area contributed by atoms with Gasteiger partial charge in [-0.2, -0.15) is 0 Å². The minimum absolute atomic E-state index is 0.193. The van der Waals surface area contributed by atoms with Crippen molar-refractivity contribution in [2.45, 2.75) is 52.0 Å². The number of fused-ring (bicyclic) bond motifs is 1. The molecule has 1 heterocycles. The third kappa shape index (κ3) is 2.86. The van der Waals surface area contributed by atoms with Crippen LogP contribution in [0.3, 0.4) is 0 Å². The average molecular weight is 247 g/mol. The molecule has 0 fully saturated rings. The molecule has 2 nitrogen and oxygen atoms in total. The van der Waals surface area contributed by atoms with E-state index in [-0.39, 0.29) is 5.41 Å². The molecule has 100 valence electrons. The lowest BCUT2D eigenvalue weighted by atomic mass is 9.85. The molecule has 0 aliphatic carbocycles. The van der Waals surface area contributed by atoms with Crippen molar-refractivity contribution in [3.8, 4) is 5.75 Å². The zero-order valence-corrected chi connectivity index (χ0v) is 12.0. The lowest BCUT2D eigenvalue weighted by Gasteiger charge is -2.23. The monoisotopic (exact) mass is 247 g/mol. The molecule has 18 heavy (non-hydrogen) atoms. The van der Waals surface area contributed by atoms with Crippen LogP contribution in [0.5, 0.6) is 5.75 Å². The van der Waals surface area contributed by atoms with Gasteiger partial charge < -0.3 is 10.1 Å². The Bertz CT molecular complexity index is 406. The zero-order chi connectivity index (χ0) is 13.2. The van der Waals surface area contributed by atoms with Gasteiger partial charge in [-0.1, -0.05) is 33.8 Å². The van der Waals surface area contributed by atoms with E-state index < -0.39 is 0 Å². The van der Waals surface area contributed by atoms with E-state index in [1.54, 1.807) is 0 Å².